The van der Waals surface area contributed by atoms with Gasteiger partial charge in [0.25, 0.3) is 5.91 Å². The van der Waals surface area contributed by atoms with Gasteiger partial charge in [0.2, 0.25) is 0 Å². The van der Waals surface area contributed by atoms with Gasteiger partial charge in [-0.1, -0.05) is 0 Å². The van der Waals surface area contributed by atoms with E-state index in [1.165, 1.54) is 0 Å². The average Bonchev–Trinajstić information content (AvgIpc) is 2.20. The highest BCUT2D eigenvalue weighted by molar-refractivity contribution is 7.90. The summed E-state index contributed by atoms with van der Waals surface area (Å²) in [5.41, 5.74) is -7.34. The Balaban J connectivity index is 3.18. The fourth-order valence-corrected chi connectivity index (χ4v) is 1.43. The molecule has 19 heavy (non-hydrogen) atoms. The third-order valence-corrected chi connectivity index (χ3v) is 2.83. The molecule has 0 aliphatic rings. The van der Waals surface area contributed by atoms with Crippen molar-refractivity contribution in [3.63, 3.8) is 0 Å². The normalized spacial score (nSPS) is 12.3. The van der Waals surface area contributed by atoms with Crippen molar-refractivity contribution in [2.45, 2.75) is 5.51 Å². The van der Waals surface area contributed by atoms with E-state index in [1.807, 2.05) is 0 Å². The zero-order chi connectivity index (χ0) is 15.0. The summed E-state index contributed by atoms with van der Waals surface area (Å²) in [6, 6.07) is 0.0873. The first-order valence-corrected chi connectivity index (χ1v) is 5.72. The maximum absolute atomic E-state index is 13.0. The molecule has 1 rings (SSSR count). The molecule has 0 aliphatic heterocycles. The van der Waals surface area contributed by atoms with E-state index < -0.39 is 44.5 Å². The van der Waals surface area contributed by atoms with Crippen molar-refractivity contribution < 1.29 is 39.6 Å². The van der Waals surface area contributed by atoms with Crippen molar-refractivity contribution in [1.29, 1.82) is 0 Å². The predicted octanol–water partition coefficient (Wildman–Crippen LogP) is 1.68. The first-order chi connectivity index (χ1) is 8.45. The summed E-state index contributed by atoms with van der Waals surface area (Å²) >= 11 is 0. The van der Waals surface area contributed by atoms with E-state index >= 15 is 0 Å². The molecule has 0 spiro atoms. The molecule has 106 valence electrons. The molecule has 0 atom stereocenters. The smallest absolute Gasteiger partial charge is 0.268 e. The van der Waals surface area contributed by atoms with Crippen LogP contribution in [0.4, 0.5) is 26.3 Å². The van der Waals surface area contributed by atoms with Crippen molar-refractivity contribution in [3.05, 3.63) is 35.1 Å². The van der Waals surface area contributed by atoms with E-state index in [0.29, 0.717) is 4.72 Å². The van der Waals surface area contributed by atoms with Crippen molar-refractivity contribution in [2.75, 3.05) is 0 Å². The summed E-state index contributed by atoms with van der Waals surface area (Å²) in [5, 5.41) is 0. The first-order valence-electron chi connectivity index (χ1n) is 4.23. The van der Waals surface area contributed by atoms with Gasteiger partial charge in [-0.25, -0.2) is 17.9 Å². The van der Waals surface area contributed by atoms with Crippen LogP contribution in [0.15, 0.2) is 12.1 Å². The highest BCUT2D eigenvalue weighted by Crippen LogP contribution is 2.22. The van der Waals surface area contributed by atoms with Crippen LogP contribution in [0.5, 0.6) is 0 Å². The number of amides is 1. The van der Waals surface area contributed by atoms with Crippen LogP contribution in [0.2, 0.25) is 0 Å². The van der Waals surface area contributed by atoms with Crippen LogP contribution in [0, 0.1) is 17.5 Å². The van der Waals surface area contributed by atoms with Gasteiger partial charge in [0.1, 0.15) is 5.82 Å². The van der Waals surface area contributed by atoms with Crippen LogP contribution in [-0.2, 0) is 10.0 Å². The van der Waals surface area contributed by atoms with Gasteiger partial charge in [-0.15, -0.1) is 0 Å². The minimum absolute atomic E-state index is 0.0321. The number of benzene rings is 1. The fourth-order valence-electron chi connectivity index (χ4n) is 0.956. The molecule has 0 aromatic heterocycles. The van der Waals surface area contributed by atoms with Crippen molar-refractivity contribution in [3.8, 4) is 0 Å². The summed E-state index contributed by atoms with van der Waals surface area (Å²) in [4.78, 5) is 11.1. The second-order valence-corrected chi connectivity index (χ2v) is 4.80. The standard InChI is InChI=1S/C8H3F6NO3S/c9-3-1-4(6(11)5(10)2-3)7(16)15-19(17,18)8(12,13)14/h1-2H,(H,15,16). The molecule has 0 bridgehead atoms. The first kappa shape index (κ1) is 15.3. The maximum atomic E-state index is 13.0. The molecule has 0 aliphatic carbocycles. The molecule has 4 nitrogen and oxygen atoms in total. The van der Waals surface area contributed by atoms with Crippen LogP contribution >= 0.6 is 0 Å². The Morgan fingerprint density at radius 3 is 2.11 bits per heavy atom. The highest BCUT2D eigenvalue weighted by atomic mass is 32.2. The predicted molar refractivity (Wildman–Crippen MR) is 48.8 cm³/mol. The zero-order valence-electron chi connectivity index (χ0n) is 8.56. The number of nitrogens with one attached hydrogen (secondary N) is 1. The van der Waals surface area contributed by atoms with Crippen LogP contribution in [0.3, 0.4) is 0 Å². The molecule has 11 heteroatoms. The molecule has 0 saturated heterocycles. The van der Waals surface area contributed by atoms with E-state index in [0.717, 1.165) is 0 Å². The Kier molecular flexibility index (Phi) is 3.79. The third kappa shape index (κ3) is 3.16. The lowest BCUT2D eigenvalue weighted by Gasteiger charge is -2.10. The van der Waals surface area contributed by atoms with Crippen LogP contribution in [0.1, 0.15) is 10.4 Å². The molecule has 1 aromatic carbocycles. The number of hydrogen-bond acceptors (Lipinski definition) is 3. The van der Waals surface area contributed by atoms with E-state index in [9.17, 15) is 39.6 Å². The molecule has 1 N–H and O–H groups in total. The number of sulfonamides is 1. The maximum Gasteiger partial charge on any atom is 0.516 e. The summed E-state index contributed by atoms with van der Waals surface area (Å²) < 4.78 is 95.7. The lowest BCUT2D eigenvalue weighted by atomic mass is 10.2. The van der Waals surface area contributed by atoms with E-state index in [-0.39, 0.29) is 12.1 Å². The van der Waals surface area contributed by atoms with E-state index in [1.54, 1.807) is 0 Å². The molecule has 0 unspecified atom stereocenters. The Morgan fingerprint density at radius 1 is 1.11 bits per heavy atom. The Hall–Kier alpha value is -1.78. The molecule has 0 radical (unpaired) electrons. The lowest BCUT2D eigenvalue weighted by molar-refractivity contribution is -0.0446. The average molecular weight is 307 g/mol. The zero-order valence-corrected chi connectivity index (χ0v) is 9.37. The highest BCUT2D eigenvalue weighted by Gasteiger charge is 2.47. The number of rotatable bonds is 2. The van der Waals surface area contributed by atoms with Crippen LogP contribution < -0.4 is 4.72 Å². The molecule has 0 fully saturated rings. The topological polar surface area (TPSA) is 63.2 Å². The fraction of sp³-hybridized carbons (Fsp3) is 0.125. The molecular weight excluding hydrogens is 304 g/mol. The van der Waals surface area contributed by atoms with Crippen LogP contribution in [0.25, 0.3) is 0 Å². The van der Waals surface area contributed by atoms with Gasteiger partial charge in [0.05, 0.1) is 5.56 Å². The van der Waals surface area contributed by atoms with Gasteiger partial charge < -0.3 is 0 Å². The van der Waals surface area contributed by atoms with Gasteiger partial charge >= 0.3 is 15.5 Å². The number of hydrogen-bond donors (Lipinski definition) is 1. The number of carbonyl (C=O) groups is 1. The quantitative estimate of drug-likeness (QED) is 0.668. The largest absolute Gasteiger partial charge is 0.516 e. The molecule has 0 saturated carbocycles. The number of alkyl halides is 3. The van der Waals surface area contributed by atoms with E-state index in [4.69, 9.17) is 0 Å². The summed E-state index contributed by atoms with van der Waals surface area (Å²) in [7, 11) is -6.10. The van der Waals surface area contributed by atoms with Crippen molar-refractivity contribution in [1.82, 2.24) is 4.72 Å². The SMILES string of the molecule is O=C(NS(=O)(=O)C(F)(F)F)c1cc(F)cc(F)c1F. The lowest BCUT2D eigenvalue weighted by Crippen LogP contribution is -2.40. The Morgan fingerprint density at radius 2 is 1.63 bits per heavy atom. The van der Waals surface area contributed by atoms with Gasteiger partial charge in [0, 0.05) is 6.07 Å². The summed E-state index contributed by atoms with van der Waals surface area (Å²) in [6.07, 6.45) is 0. The molecular formula is C8H3F6NO3S. The number of carbonyl (C=O) groups excluding carboxylic acids is 1. The van der Waals surface area contributed by atoms with Crippen LogP contribution in [-0.4, -0.2) is 19.8 Å². The van der Waals surface area contributed by atoms with Gasteiger partial charge in [0.15, 0.2) is 11.6 Å². The molecule has 0 heterocycles. The molecule has 1 amide bonds. The minimum atomic E-state index is -6.10. The van der Waals surface area contributed by atoms with Gasteiger partial charge in [-0.2, -0.15) is 21.6 Å². The van der Waals surface area contributed by atoms with Gasteiger partial charge in [-0.05, 0) is 6.07 Å². The third-order valence-electron chi connectivity index (χ3n) is 1.77. The summed E-state index contributed by atoms with van der Waals surface area (Å²) in [6.45, 7) is 0. The minimum Gasteiger partial charge on any atom is -0.268 e. The van der Waals surface area contributed by atoms with Crippen molar-refractivity contribution in [2.24, 2.45) is 0 Å². The second kappa shape index (κ2) is 4.72. The van der Waals surface area contributed by atoms with Crippen molar-refractivity contribution >= 4 is 15.9 Å². The summed E-state index contributed by atoms with van der Waals surface area (Å²) in [5.74, 6) is -7.44. The Labute approximate surface area is 102 Å². The van der Waals surface area contributed by atoms with Gasteiger partial charge in [-0.3, -0.25) is 4.79 Å². The van der Waals surface area contributed by atoms with E-state index in [2.05, 4.69) is 0 Å². The molecule has 1 aromatic rings. The Bertz CT molecular complexity index is 624. The number of halogens is 6. The monoisotopic (exact) mass is 307 g/mol. The second-order valence-electron chi connectivity index (χ2n) is 3.13.